The molecule has 0 saturated carbocycles. The topological polar surface area (TPSA) is 61.9 Å². The van der Waals surface area contributed by atoms with Crippen LogP contribution >= 0.6 is 11.8 Å². The Bertz CT molecular complexity index is 1150. The zero-order chi connectivity index (χ0) is 19.3. The Labute approximate surface area is 167 Å². The van der Waals surface area contributed by atoms with Crippen LogP contribution in [-0.2, 0) is 0 Å². The monoisotopic (exact) mass is 380 g/mol. The van der Waals surface area contributed by atoms with Crippen LogP contribution in [0.2, 0.25) is 0 Å². The molecule has 0 aliphatic heterocycles. The molecule has 0 fully saturated rings. The maximum absolute atomic E-state index is 9.18. The van der Waals surface area contributed by atoms with E-state index in [9.17, 15) is 5.26 Å². The van der Waals surface area contributed by atoms with Crippen molar-refractivity contribution in [2.24, 2.45) is 4.99 Å². The number of hydrogen-bond acceptors (Lipinski definition) is 5. The second kappa shape index (κ2) is 8.03. The summed E-state index contributed by atoms with van der Waals surface area (Å²) in [5.74, 6) is 0.608. The van der Waals surface area contributed by atoms with Crippen molar-refractivity contribution in [2.75, 3.05) is 6.26 Å². The molecule has 2 aromatic carbocycles. The second-order valence-electron chi connectivity index (χ2n) is 6.08. The van der Waals surface area contributed by atoms with Gasteiger partial charge in [0, 0.05) is 28.1 Å². The standard InChI is InChI=1S/C23H16N4S/c1-28-23-20-13-21(25-15-18(20)12-19(14-24)26-23)27-22(16-8-4-2-5-9-16)17-10-6-3-7-11-17/h2-13,15H,1H3. The number of pyridine rings is 2. The van der Waals surface area contributed by atoms with Crippen LogP contribution in [0, 0.1) is 11.3 Å². The lowest BCUT2D eigenvalue weighted by Crippen LogP contribution is -2.02. The van der Waals surface area contributed by atoms with Crippen LogP contribution in [-0.4, -0.2) is 21.9 Å². The van der Waals surface area contributed by atoms with Gasteiger partial charge in [0.15, 0.2) is 5.82 Å². The number of hydrogen-bond donors (Lipinski definition) is 0. The van der Waals surface area contributed by atoms with Gasteiger partial charge in [-0.3, -0.25) is 0 Å². The van der Waals surface area contributed by atoms with Crippen LogP contribution in [0.5, 0.6) is 0 Å². The summed E-state index contributed by atoms with van der Waals surface area (Å²) in [4.78, 5) is 13.8. The average Bonchev–Trinajstić information content (AvgIpc) is 2.77. The molecule has 0 amide bonds. The molecule has 4 aromatic rings. The summed E-state index contributed by atoms with van der Waals surface area (Å²) in [5.41, 5.74) is 3.31. The van der Waals surface area contributed by atoms with Crippen LogP contribution in [0.3, 0.4) is 0 Å². The number of fused-ring (bicyclic) bond motifs is 1. The van der Waals surface area contributed by atoms with E-state index < -0.39 is 0 Å². The van der Waals surface area contributed by atoms with Crippen molar-refractivity contribution in [3.63, 3.8) is 0 Å². The predicted molar refractivity (Wildman–Crippen MR) is 114 cm³/mol. The number of benzene rings is 2. The molecule has 0 bridgehead atoms. The summed E-state index contributed by atoms with van der Waals surface area (Å²) in [7, 11) is 0. The minimum absolute atomic E-state index is 0.393. The third kappa shape index (κ3) is 3.64. The average molecular weight is 380 g/mol. The Morgan fingerprint density at radius 1 is 0.964 bits per heavy atom. The van der Waals surface area contributed by atoms with E-state index in [1.165, 1.54) is 11.8 Å². The molecule has 2 aromatic heterocycles. The molecule has 0 atom stereocenters. The Kier molecular flexibility index (Phi) is 5.14. The van der Waals surface area contributed by atoms with Gasteiger partial charge in [-0.05, 0) is 18.4 Å². The third-order valence-electron chi connectivity index (χ3n) is 4.29. The van der Waals surface area contributed by atoms with Crippen LogP contribution in [0.25, 0.3) is 10.8 Å². The fraction of sp³-hybridized carbons (Fsp3) is 0.0435. The van der Waals surface area contributed by atoms with Crippen LogP contribution < -0.4 is 0 Å². The number of nitrogens with zero attached hydrogens (tertiary/aromatic N) is 4. The third-order valence-corrected chi connectivity index (χ3v) is 4.99. The molecule has 0 saturated heterocycles. The predicted octanol–water partition coefficient (Wildman–Crippen LogP) is 5.39. The molecule has 134 valence electrons. The molecule has 5 heteroatoms. The maximum atomic E-state index is 9.18. The quantitative estimate of drug-likeness (QED) is 0.352. The fourth-order valence-corrected chi connectivity index (χ4v) is 3.57. The molecule has 28 heavy (non-hydrogen) atoms. The molecule has 0 spiro atoms. The Balaban J connectivity index is 1.89. The lowest BCUT2D eigenvalue weighted by Gasteiger charge is -2.08. The first-order valence-corrected chi connectivity index (χ1v) is 9.95. The van der Waals surface area contributed by atoms with Crippen molar-refractivity contribution < 1.29 is 0 Å². The van der Waals surface area contributed by atoms with Gasteiger partial charge < -0.3 is 0 Å². The van der Waals surface area contributed by atoms with Crippen molar-refractivity contribution in [1.82, 2.24) is 9.97 Å². The fourth-order valence-electron chi connectivity index (χ4n) is 2.98. The van der Waals surface area contributed by atoms with E-state index in [0.29, 0.717) is 11.5 Å². The van der Waals surface area contributed by atoms with Gasteiger partial charge in [-0.25, -0.2) is 15.0 Å². The summed E-state index contributed by atoms with van der Waals surface area (Å²) in [5, 5.41) is 11.8. The van der Waals surface area contributed by atoms with Gasteiger partial charge in [0.2, 0.25) is 0 Å². The lowest BCUT2D eigenvalue weighted by atomic mass is 10.0. The zero-order valence-corrected chi connectivity index (χ0v) is 16.0. The van der Waals surface area contributed by atoms with E-state index in [1.54, 1.807) is 12.3 Å². The van der Waals surface area contributed by atoms with Gasteiger partial charge in [-0.15, -0.1) is 11.8 Å². The molecule has 4 nitrogen and oxygen atoms in total. The Morgan fingerprint density at radius 3 is 2.18 bits per heavy atom. The number of nitriles is 1. The van der Waals surface area contributed by atoms with Gasteiger partial charge in [-0.1, -0.05) is 60.7 Å². The summed E-state index contributed by atoms with van der Waals surface area (Å²) in [6.07, 6.45) is 3.70. The highest BCUT2D eigenvalue weighted by Gasteiger charge is 2.10. The molecular weight excluding hydrogens is 364 g/mol. The van der Waals surface area contributed by atoms with Crippen molar-refractivity contribution in [1.29, 1.82) is 5.26 Å². The SMILES string of the molecule is CSc1nc(C#N)cc2cnc(N=C(c3ccccc3)c3ccccc3)cc12. The van der Waals surface area contributed by atoms with E-state index in [1.807, 2.05) is 73.0 Å². The van der Waals surface area contributed by atoms with Gasteiger partial charge >= 0.3 is 0 Å². The van der Waals surface area contributed by atoms with Gasteiger partial charge in [0.25, 0.3) is 0 Å². The molecule has 0 N–H and O–H groups in total. The first kappa shape index (κ1) is 17.9. The first-order valence-electron chi connectivity index (χ1n) is 8.73. The molecule has 4 rings (SSSR count). The van der Waals surface area contributed by atoms with E-state index in [0.717, 1.165) is 32.6 Å². The molecular formula is C23H16N4S. The number of aliphatic imine (C=N–C) groups is 1. The van der Waals surface area contributed by atoms with Gasteiger partial charge in [0.1, 0.15) is 16.8 Å². The molecule has 2 heterocycles. The summed E-state index contributed by atoms with van der Waals surface area (Å²) >= 11 is 1.51. The summed E-state index contributed by atoms with van der Waals surface area (Å²) < 4.78 is 0. The minimum atomic E-state index is 0.393. The minimum Gasteiger partial charge on any atom is -0.236 e. The van der Waals surface area contributed by atoms with Crippen molar-refractivity contribution in [2.45, 2.75) is 5.03 Å². The highest BCUT2D eigenvalue weighted by Crippen LogP contribution is 2.28. The van der Waals surface area contributed by atoms with Crippen molar-refractivity contribution in [3.8, 4) is 6.07 Å². The first-order chi connectivity index (χ1) is 13.8. The molecule has 0 radical (unpaired) electrons. The largest absolute Gasteiger partial charge is 0.236 e. The van der Waals surface area contributed by atoms with Gasteiger partial charge in [0.05, 0.1) is 5.71 Å². The zero-order valence-electron chi connectivity index (χ0n) is 15.2. The maximum Gasteiger partial charge on any atom is 0.153 e. The van der Waals surface area contributed by atoms with Crippen molar-refractivity contribution in [3.05, 3.63) is 95.8 Å². The number of thioether (sulfide) groups is 1. The highest BCUT2D eigenvalue weighted by molar-refractivity contribution is 7.98. The van der Waals surface area contributed by atoms with Crippen LogP contribution in [0.1, 0.15) is 16.8 Å². The Morgan fingerprint density at radius 2 is 1.61 bits per heavy atom. The molecule has 0 aliphatic carbocycles. The van der Waals surface area contributed by atoms with Crippen molar-refractivity contribution >= 4 is 34.1 Å². The molecule has 0 unspecified atom stereocenters. The van der Waals surface area contributed by atoms with Gasteiger partial charge in [-0.2, -0.15) is 5.26 Å². The van der Waals surface area contributed by atoms with E-state index >= 15 is 0 Å². The normalized spacial score (nSPS) is 10.4. The summed E-state index contributed by atoms with van der Waals surface area (Å²) in [6.45, 7) is 0. The lowest BCUT2D eigenvalue weighted by molar-refractivity contribution is 1.14. The highest BCUT2D eigenvalue weighted by atomic mass is 32.2. The second-order valence-corrected chi connectivity index (χ2v) is 6.88. The van der Waals surface area contributed by atoms with Crippen LogP contribution in [0.15, 0.2) is 89.0 Å². The Hall–Kier alpha value is -3.49. The molecule has 0 aliphatic rings. The number of rotatable bonds is 4. The van der Waals surface area contributed by atoms with E-state index in [-0.39, 0.29) is 0 Å². The number of aromatic nitrogens is 2. The smallest absolute Gasteiger partial charge is 0.153 e. The van der Waals surface area contributed by atoms with E-state index in [2.05, 4.69) is 16.0 Å². The summed E-state index contributed by atoms with van der Waals surface area (Å²) in [6, 6.07) is 25.9. The van der Waals surface area contributed by atoms with Crippen LogP contribution in [0.4, 0.5) is 5.82 Å². The van der Waals surface area contributed by atoms with E-state index in [4.69, 9.17) is 4.99 Å².